The monoisotopic (exact) mass is 984 g/mol. The first kappa shape index (κ1) is 63.9. The molecule has 0 saturated carbocycles. The fraction of sp³-hybridized carbons (Fsp3) is 0.776. The number of unbranched alkanes of at least 4 members (excludes halogenated alkanes) is 30. The first-order chi connectivity index (χ1) is 34.0. The molecule has 1 aromatic rings. The Morgan fingerprint density at radius 2 is 1.01 bits per heavy atom. The fourth-order valence-corrected chi connectivity index (χ4v) is 8.56. The molecule has 0 aliphatic rings. The summed E-state index contributed by atoms with van der Waals surface area (Å²) in [6.07, 6.45) is 42.7. The number of phenols is 1. The Morgan fingerprint density at radius 3 is 1.44 bits per heavy atom. The minimum atomic E-state index is -1.11. The average Bonchev–Trinajstić information content (AvgIpc) is 3.35. The first-order valence-electron chi connectivity index (χ1n) is 28.3. The van der Waals surface area contributed by atoms with E-state index in [0.717, 1.165) is 38.5 Å². The highest BCUT2D eigenvalue weighted by Crippen LogP contribution is 2.27. The summed E-state index contributed by atoms with van der Waals surface area (Å²) >= 11 is 0. The van der Waals surface area contributed by atoms with E-state index in [2.05, 4.69) is 29.8 Å². The normalized spacial score (nSPS) is 12.2. The lowest BCUT2D eigenvalue weighted by Gasteiger charge is -2.25. The van der Waals surface area contributed by atoms with Crippen LogP contribution in [0.3, 0.4) is 0 Å². The van der Waals surface area contributed by atoms with Crippen molar-refractivity contribution in [2.24, 2.45) is 5.92 Å². The second-order valence-corrected chi connectivity index (χ2v) is 19.9. The number of esters is 2. The Balaban J connectivity index is 2.56. The summed E-state index contributed by atoms with van der Waals surface area (Å²) in [7, 11) is 1.42. The minimum Gasteiger partial charge on any atom is -0.504 e. The molecule has 0 saturated heterocycles. The first-order valence-corrected chi connectivity index (χ1v) is 28.3. The summed E-state index contributed by atoms with van der Waals surface area (Å²) in [5, 5.41) is 17.7. The fourth-order valence-electron chi connectivity index (χ4n) is 8.56. The number of rotatable bonds is 47. The standard InChI is InChI=1S/C58H101N3O9/c1-6-8-10-12-14-16-18-20-22-24-26-28-30-32-34-36-44-69-55(65)43-40-50(58(67)70-45-37-35-33-31-29-27-25-23-21-19-17-15-13-11-9-7-2)60-57(66)56(48(3)4)61-54(64)47-59-53(63)42-39-49-38-41-51(62)52(46-49)68-5/h38-39,41-42,46,48,50,56,62H,6-37,40,43-45,47H2,1-5H3,(H,59,63)(H,60,66)(H,61,64)/b42-39+/t50-,56+/m1/s1. The predicted octanol–water partition coefficient (Wildman–Crippen LogP) is 13.5. The molecule has 0 bridgehead atoms. The summed E-state index contributed by atoms with van der Waals surface area (Å²) in [5.74, 6) is -2.93. The molecular weight excluding hydrogens is 883 g/mol. The number of hydrogen-bond acceptors (Lipinski definition) is 9. The van der Waals surface area contributed by atoms with E-state index in [9.17, 15) is 29.1 Å². The number of carbonyl (C=O) groups excluding carboxylic acids is 5. The van der Waals surface area contributed by atoms with Crippen molar-refractivity contribution in [2.75, 3.05) is 26.9 Å². The molecule has 0 aliphatic carbocycles. The van der Waals surface area contributed by atoms with E-state index in [4.69, 9.17) is 14.2 Å². The van der Waals surface area contributed by atoms with E-state index in [1.165, 1.54) is 186 Å². The third kappa shape index (κ3) is 35.9. The second-order valence-electron chi connectivity index (χ2n) is 19.9. The van der Waals surface area contributed by atoms with E-state index < -0.39 is 48.3 Å². The number of aromatic hydroxyl groups is 1. The summed E-state index contributed by atoms with van der Waals surface area (Å²) in [5.41, 5.74) is 0.604. The maximum Gasteiger partial charge on any atom is 0.328 e. The highest BCUT2D eigenvalue weighted by Gasteiger charge is 2.30. The van der Waals surface area contributed by atoms with Crippen LogP contribution in [0.25, 0.3) is 6.08 Å². The van der Waals surface area contributed by atoms with Crippen LogP contribution in [0.15, 0.2) is 24.3 Å². The zero-order chi connectivity index (χ0) is 51.3. The van der Waals surface area contributed by atoms with Crippen molar-refractivity contribution in [1.82, 2.24) is 16.0 Å². The van der Waals surface area contributed by atoms with Gasteiger partial charge in [-0.1, -0.05) is 226 Å². The van der Waals surface area contributed by atoms with Gasteiger partial charge in [-0.3, -0.25) is 19.2 Å². The molecule has 1 rings (SSSR count). The molecule has 4 N–H and O–H groups in total. The highest BCUT2D eigenvalue weighted by atomic mass is 16.5. The lowest BCUT2D eigenvalue weighted by atomic mass is 10.0. The molecule has 0 aromatic heterocycles. The van der Waals surface area contributed by atoms with Gasteiger partial charge < -0.3 is 35.3 Å². The number of ether oxygens (including phenoxy) is 3. The lowest BCUT2D eigenvalue weighted by Crippen LogP contribution is -2.55. The Labute approximate surface area is 425 Å². The van der Waals surface area contributed by atoms with Gasteiger partial charge in [-0.05, 0) is 49.0 Å². The van der Waals surface area contributed by atoms with Crippen LogP contribution in [0, 0.1) is 5.92 Å². The molecule has 0 unspecified atom stereocenters. The van der Waals surface area contributed by atoms with E-state index in [1.807, 2.05) is 0 Å². The van der Waals surface area contributed by atoms with Crippen LogP contribution in [0.2, 0.25) is 0 Å². The van der Waals surface area contributed by atoms with Gasteiger partial charge in [0.2, 0.25) is 17.7 Å². The number of amides is 3. The van der Waals surface area contributed by atoms with Crippen molar-refractivity contribution in [3.63, 3.8) is 0 Å². The summed E-state index contributed by atoms with van der Waals surface area (Å²) < 4.78 is 16.3. The molecule has 402 valence electrons. The van der Waals surface area contributed by atoms with Crippen molar-refractivity contribution in [3.8, 4) is 11.5 Å². The molecule has 12 heteroatoms. The minimum absolute atomic E-state index is 0.00458. The smallest absolute Gasteiger partial charge is 0.328 e. The molecule has 1 aromatic carbocycles. The largest absolute Gasteiger partial charge is 0.504 e. The molecule has 3 amide bonds. The van der Waals surface area contributed by atoms with Crippen molar-refractivity contribution in [1.29, 1.82) is 0 Å². The SMILES string of the molecule is CCCCCCCCCCCCCCCCCCOC(=O)CC[C@@H](NC(=O)[C@@H](NC(=O)CNC(=O)/C=C/c1ccc(O)c(OC)c1)C(C)C)C(=O)OCCCCCCCCCCCCCCCCCC. The zero-order valence-electron chi connectivity index (χ0n) is 45.0. The van der Waals surface area contributed by atoms with Gasteiger partial charge in [0.05, 0.1) is 26.9 Å². The quantitative estimate of drug-likeness (QED) is 0.0282. The van der Waals surface area contributed by atoms with Crippen molar-refractivity contribution in [3.05, 3.63) is 29.8 Å². The van der Waals surface area contributed by atoms with E-state index >= 15 is 0 Å². The Bertz CT molecular complexity index is 1530. The maximum absolute atomic E-state index is 13.7. The number of benzene rings is 1. The lowest BCUT2D eigenvalue weighted by molar-refractivity contribution is -0.149. The van der Waals surface area contributed by atoms with Crippen LogP contribution < -0.4 is 20.7 Å². The number of hydrogen-bond donors (Lipinski definition) is 4. The molecule has 0 fully saturated rings. The van der Waals surface area contributed by atoms with E-state index in [1.54, 1.807) is 26.0 Å². The summed E-state index contributed by atoms with van der Waals surface area (Å²) in [6, 6.07) is 2.48. The Morgan fingerprint density at radius 1 is 0.586 bits per heavy atom. The van der Waals surface area contributed by atoms with E-state index in [0.29, 0.717) is 18.6 Å². The second kappa shape index (κ2) is 44.8. The van der Waals surface area contributed by atoms with Gasteiger partial charge >= 0.3 is 11.9 Å². The molecule has 0 spiro atoms. The molecule has 0 radical (unpaired) electrons. The van der Waals surface area contributed by atoms with Gasteiger partial charge in [0, 0.05) is 12.5 Å². The average molecular weight is 984 g/mol. The van der Waals surface area contributed by atoms with Gasteiger partial charge in [-0.15, -0.1) is 0 Å². The Kier molecular flexibility index (Phi) is 40.9. The maximum atomic E-state index is 13.7. The van der Waals surface area contributed by atoms with Gasteiger partial charge in [0.1, 0.15) is 12.1 Å². The van der Waals surface area contributed by atoms with Crippen LogP contribution >= 0.6 is 0 Å². The number of carbonyl (C=O) groups is 5. The van der Waals surface area contributed by atoms with Gasteiger partial charge in [-0.25, -0.2) is 4.79 Å². The van der Waals surface area contributed by atoms with Crippen LogP contribution in [0.5, 0.6) is 11.5 Å². The van der Waals surface area contributed by atoms with Crippen molar-refractivity contribution >= 4 is 35.7 Å². The number of phenolic OH excluding ortho intramolecular Hbond substituents is 1. The van der Waals surface area contributed by atoms with Crippen molar-refractivity contribution < 1.29 is 43.3 Å². The summed E-state index contributed by atoms with van der Waals surface area (Å²) in [4.78, 5) is 65.4. The summed E-state index contributed by atoms with van der Waals surface area (Å²) in [6.45, 7) is 8.18. The molecule has 2 atom stereocenters. The third-order valence-electron chi connectivity index (χ3n) is 13.1. The number of nitrogens with one attached hydrogen (secondary N) is 3. The third-order valence-corrected chi connectivity index (χ3v) is 13.1. The van der Waals surface area contributed by atoms with Crippen LogP contribution in [-0.2, 0) is 33.4 Å². The molecule has 12 nitrogen and oxygen atoms in total. The Hall–Kier alpha value is -4.09. The highest BCUT2D eigenvalue weighted by molar-refractivity contribution is 5.96. The molecular formula is C58H101N3O9. The molecule has 70 heavy (non-hydrogen) atoms. The number of methoxy groups -OCH3 is 1. The topological polar surface area (TPSA) is 169 Å². The van der Waals surface area contributed by atoms with Gasteiger partial charge in [-0.2, -0.15) is 0 Å². The molecule has 0 aliphatic heterocycles. The van der Waals surface area contributed by atoms with Crippen molar-refractivity contribution in [2.45, 2.75) is 258 Å². The van der Waals surface area contributed by atoms with Crippen LogP contribution in [0.1, 0.15) is 252 Å². The zero-order valence-corrected chi connectivity index (χ0v) is 45.0. The van der Waals surface area contributed by atoms with Gasteiger partial charge in [0.15, 0.2) is 11.5 Å². The van der Waals surface area contributed by atoms with Gasteiger partial charge in [0.25, 0.3) is 0 Å². The molecule has 0 heterocycles. The predicted molar refractivity (Wildman–Crippen MR) is 286 cm³/mol. The van der Waals surface area contributed by atoms with Crippen LogP contribution in [0.4, 0.5) is 0 Å². The van der Waals surface area contributed by atoms with Crippen LogP contribution in [-0.4, -0.2) is 73.7 Å². The van der Waals surface area contributed by atoms with E-state index in [-0.39, 0.29) is 36.9 Å².